The molecule has 1 heterocycles. The van der Waals surface area contributed by atoms with Crippen LogP contribution >= 0.6 is 11.6 Å². The fourth-order valence-corrected chi connectivity index (χ4v) is 1.59. The van der Waals surface area contributed by atoms with E-state index in [1.165, 1.54) is 19.4 Å². The summed E-state index contributed by atoms with van der Waals surface area (Å²) in [6, 6.07) is 4.46. The average molecular weight is 254 g/mol. The molecule has 1 aromatic carbocycles. The second-order valence-corrected chi connectivity index (χ2v) is 3.63. The van der Waals surface area contributed by atoms with Gasteiger partial charge in [-0.1, -0.05) is 23.7 Å². The lowest BCUT2D eigenvalue weighted by molar-refractivity contribution is 0.399. The summed E-state index contributed by atoms with van der Waals surface area (Å²) in [6.07, 6.45) is 1.42. The van der Waals surface area contributed by atoms with Crippen molar-refractivity contribution in [3.05, 3.63) is 35.2 Å². The van der Waals surface area contributed by atoms with Crippen LogP contribution in [0, 0.1) is 5.82 Å². The molecule has 0 unspecified atom stereocenters. The lowest BCUT2D eigenvalue weighted by Gasteiger charge is -2.07. The molecule has 17 heavy (non-hydrogen) atoms. The van der Waals surface area contributed by atoms with Crippen molar-refractivity contribution < 1.29 is 9.13 Å². The number of benzene rings is 1. The molecule has 0 saturated carbocycles. The highest BCUT2D eigenvalue weighted by Crippen LogP contribution is 2.30. The van der Waals surface area contributed by atoms with Crippen molar-refractivity contribution >= 4 is 17.4 Å². The van der Waals surface area contributed by atoms with Crippen LogP contribution in [-0.4, -0.2) is 17.1 Å². The number of nitrogens with two attached hydrogens (primary N) is 1. The molecule has 0 aliphatic carbocycles. The molecule has 0 saturated heterocycles. The molecular formula is C11H9ClFN3O. The first kappa shape index (κ1) is 11.6. The Morgan fingerprint density at radius 1 is 1.41 bits per heavy atom. The molecule has 0 atom stereocenters. The summed E-state index contributed by atoms with van der Waals surface area (Å²) >= 11 is 5.85. The Hall–Kier alpha value is -1.88. The van der Waals surface area contributed by atoms with Crippen LogP contribution in [0.1, 0.15) is 0 Å². The third-order valence-electron chi connectivity index (χ3n) is 2.19. The van der Waals surface area contributed by atoms with E-state index in [4.69, 9.17) is 22.1 Å². The fourth-order valence-electron chi connectivity index (χ4n) is 1.36. The summed E-state index contributed by atoms with van der Waals surface area (Å²) in [4.78, 5) is 8.01. The monoisotopic (exact) mass is 253 g/mol. The molecule has 0 amide bonds. The topological polar surface area (TPSA) is 61.0 Å². The van der Waals surface area contributed by atoms with Crippen LogP contribution in [0.3, 0.4) is 0 Å². The molecule has 0 bridgehead atoms. The molecule has 2 rings (SSSR count). The highest BCUT2D eigenvalue weighted by atomic mass is 35.5. The Kier molecular flexibility index (Phi) is 3.10. The Morgan fingerprint density at radius 3 is 2.88 bits per heavy atom. The van der Waals surface area contributed by atoms with E-state index < -0.39 is 5.82 Å². The Morgan fingerprint density at radius 2 is 2.18 bits per heavy atom. The van der Waals surface area contributed by atoms with Crippen LogP contribution in [0.15, 0.2) is 24.4 Å². The number of aromatic nitrogens is 2. The minimum atomic E-state index is -0.512. The van der Waals surface area contributed by atoms with E-state index in [9.17, 15) is 4.39 Å². The summed E-state index contributed by atoms with van der Waals surface area (Å²) in [5.41, 5.74) is 6.39. The second kappa shape index (κ2) is 4.55. The number of anilines is 1. The fraction of sp³-hybridized carbons (Fsp3) is 0.0909. The zero-order chi connectivity index (χ0) is 12.4. The van der Waals surface area contributed by atoms with Gasteiger partial charge in [-0.3, -0.25) is 0 Å². The maximum atomic E-state index is 13.3. The van der Waals surface area contributed by atoms with Gasteiger partial charge >= 0.3 is 0 Å². The van der Waals surface area contributed by atoms with E-state index in [0.717, 1.165) is 0 Å². The summed E-state index contributed by atoms with van der Waals surface area (Å²) < 4.78 is 18.2. The molecule has 0 fully saturated rings. The van der Waals surface area contributed by atoms with Crippen molar-refractivity contribution in [2.45, 2.75) is 0 Å². The maximum Gasteiger partial charge on any atom is 0.257 e. The molecule has 4 nitrogen and oxygen atoms in total. The zero-order valence-electron chi connectivity index (χ0n) is 8.95. The van der Waals surface area contributed by atoms with Crippen molar-refractivity contribution in [2.75, 3.05) is 12.8 Å². The molecule has 0 radical (unpaired) electrons. The molecule has 88 valence electrons. The lowest BCUT2D eigenvalue weighted by Crippen LogP contribution is -1.99. The molecule has 0 aliphatic rings. The van der Waals surface area contributed by atoms with Crippen molar-refractivity contribution in [3.8, 4) is 17.1 Å². The highest BCUT2D eigenvalue weighted by Gasteiger charge is 2.12. The Balaban J connectivity index is 2.57. The number of nitrogen functional groups attached to an aromatic ring is 1. The van der Waals surface area contributed by atoms with Crippen LogP contribution in [0.2, 0.25) is 5.02 Å². The van der Waals surface area contributed by atoms with Gasteiger partial charge in [-0.25, -0.2) is 14.4 Å². The van der Waals surface area contributed by atoms with Crippen LogP contribution in [0.5, 0.6) is 5.88 Å². The van der Waals surface area contributed by atoms with Gasteiger partial charge in [0.05, 0.1) is 24.0 Å². The first-order valence-electron chi connectivity index (χ1n) is 4.74. The third kappa shape index (κ3) is 2.14. The minimum absolute atomic E-state index is 0.00590. The number of hydrogen-bond acceptors (Lipinski definition) is 4. The zero-order valence-corrected chi connectivity index (χ0v) is 9.70. The van der Waals surface area contributed by atoms with Crippen molar-refractivity contribution in [1.82, 2.24) is 9.97 Å². The summed E-state index contributed by atoms with van der Waals surface area (Å²) in [5.74, 6) is -0.159. The van der Waals surface area contributed by atoms with E-state index in [1.54, 1.807) is 12.1 Å². The predicted molar refractivity (Wildman–Crippen MR) is 63.4 cm³/mol. The lowest BCUT2D eigenvalue weighted by atomic mass is 10.1. The van der Waals surface area contributed by atoms with Gasteiger partial charge in [-0.15, -0.1) is 0 Å². The van der Waals surface area contributed by atoms with Gasteiger partial charge in [0.25, 0.3) is 5.88 Å². The van der Waals surface area contributed by atoms with Crippen molar-refractivity contribution in [3.63, 3.8) is 0 Å². The smallest absolute Gasteiger partial charge is 0.257 e. The number of methoxy groups -OCH3 is 1. The molecule has 1 aromatic heterocycles. The number of ether oxygens (including phenoxy) is 1. The largest absolute Gasteiger partial charge is 0.478 e. The Bertz CT molecular complexity index is 562. The third-order valence-corrected chi connectivity index (χ3v) is 2.57. The van der Waals surface area contributed by atoms with Gasteiger partial charge in [0.1, 0.15) is 5.82 Å². The van der Waals surface area contributed by atoms with Crippen LogP contribution in [-0.2, 0) is 0 Å². The van der Waals surface area contributed by atoms with Crippen LogP contribution < -0.4 is 10.5 Å². The predicted octanol–water partition coefficient (Wildman–Crippen LogP) is 2.53. The second-order valence-electron chi connectivity index (χ2n) is 3.25. The van der Waals surface area contributed by atoms with Gasteiger partial charge in [0.15, 0.2) is 5.82 Å². The first-order chi connectivity index (χ1) is 8.13. The highest BCUT2D eigenvalue weighted by molar-refractivity contribution is 6.33. The van der Waals surface area contributed by atoms with E-state index >= 15 is 0 Å². The maximum absolute atomic E-state index is 13.3. The quantitative estimate of drug-likeness (QED) is 0.893. The average Bonchev–Trinajstić information content (AvgIpc) is 2.34. The van der Waals surface area contributed by atoms with E-state index in [0.29, 0.717) is 11.3 Å². The molecule has 0 aliphatic heterocycles. The van der Waals surface area contributed by atoms with Crippen LogP contribution in [0.25, 0.3) is 11.3 Å². The molecule has 6 heteroatoms. The molecule has 2 aromatic rings. The summed E-state index contributed by atoms with van der Waals surface area (Å²) in [5, 5.41) is -0.00590. The first-order valence-corrected chi connectivity index (χ1v) is 5.12. The standard InChI is InChI=1S/C11H9ClFN3O/c1-17-11-10(14)15-5-8(16-11)6-3-2-4-7(13)9(6)12/h2-5H,1H3,(H2,14,15). The number of hydrogen-bond donors (Lipinski definition) is 1. The number of nitrogens with zero attached hydrogens (tertiary/aromatic N) is 2. The van der Waals surface area contributed by atoms with E-state index in [-0.39, 0.29) is 16.7 Å². The van der Waals surface area contributed by atoms with Gasteiger partial charge in [-0.2, -0.15) is 0 Å². The molecular weight excluding hydrogens is 245 g/mol. The van der Waals surface area contributed by atoms with Gasteiger partial charge < -0.3 is 10.5 Å². The van der Waals surface area contributed by atoms with Gasteiger partial charge in [0, 0.05) is 5.56 Å². The van der Waals surface area contributed by atoms with Crippen molar-refractivity contribution in [1.29, 1.82) is 0 Å². The van der Waals surface area contributed by atoms with Gasteiger partial charge in [-0.05, 0) is 6.07 Å². The number of rotatable bonds is 2. The summed E-state index contributed by atoms with van der Waals surface area (Å²) in [6.45, 7) is 0. The van der Waals surface area contributed by atoms with Crippen LogP contribution in [0.4, 0.5) is 10.2 Å². The van der Waals surface area contributed by atoms with E-state index in [1.807, 2.05) is 0 Å². The normalized spacial score (nSPS) is 10.3. The van der Waals surface area contributed by atoms with E-state index in [2.05, 4.69) is 9.97 Å². The minimum Gasteiger partial charge on any atom is -0.478 e. The molecule has 2 N–H and O–H groups in total. The Labute approximate surface area is 102 Å². The number of halogens is 2. The summed E-state index contributed by atoms with van der Waals surface area (Å²) in [7, 11) is 1.43. The molecule has 0 spiro atoms. The van der Waals surface area contributed by atoms with Gasteiger partial charge in [0.2, 0.25) is 0 Å². The SMILES string of the molecule is COc1nc(-c2cccc(F)c2Cl)cnc1N. The van der Waals surface area contributed by atoms with Crippen molar-refractivity contribution in [2.24, 2.45) is 0 Å².